The zero-order valence-corrected chi connectivity index (χ0v) is 16.2. The second kappa shape index (κ2) is 11.6. The molecule has 0 aliphatic carbocycles. The van der Waals surface area contributed by atoms with Crippen LogP contribution >= 0.6 is 43.2 Å². The van der Waals surface area contributed by atoms with Crippen molar-refractivity contribution in [3.8, 4) is 0 Å². The van der Waals surface area contributed by atoms with Gasteiger partial charge >= 0.3 is 0 Å². The highest BCUT2D eigenvalue weighted by Gasteiger charge is 2.16. The molecule has 0 spiro atoms. The first-order valence-electron chi connectivity index (χ1n) is 8.33. The molecule has 0 radical (unpaired) electrons. The van der Waals surface area contributed by atoms with E-state index < -0.39 is 0 Å². The molecule has 2 heterocycles. The van der Waals surface area contributed by atoms with Crippen molar-refractivity contribution in [1.82, 2.24) is 0 Å². The summed E-state index contributed by atoms with van der Waals surface area (Å²) in [7, 11) is 8.32. The average Bonchev–Trinajstić information content (AvgIpc) is 3.18. The molecule has 2 saturated heterocycles. The summed E-state index contributed by atoms with van der Waals surface area (Å²) in [4.78, 5) is 0. The number of nitrogens with two attached hydrogens (primary N) is 1. The van der Waals surface area contributed by atoms with Crippen LogP contribution in [-0.4, -0.2) is 28.6 Å². The fourth-order valence-corrected chi connectivity index (χ4v) is 8.85. The molecule has 2 N–H and O–H groups in total. The molecular weight excluding hydrogens is 334 g/mol. The van der Waals surface area contributed by atoms with Crippen LogP contribution in [0.2, 0.25) is 0 Å². The third-order valence-corrected chi connectivity index (χ3v) is 10.2. The highest BCUT2D eigenvalue weighted by atomic mass is 33.1. The van der Waals surface area contributed by atoms with Crippen LogP contribution in [0.15, 0.2) is 11.6 Å². The molecule has 122 valence electrons. The molecule has 2 aliphatic rings. The Bertz CT molecular complexity index is 297. The van der Waals surface area contributed by atoms with E-state index in [-0.39, 0.29) is 0 Å². The fraction of sp³-hybridized carbons (Fsp3) is 0.875. The predicted molar refractivity (Wildman–Crippen MR) is 106 cm³/mol. The minimum atomic E-state index is 0.766. The van der Waals surface area contributed by atoms with E-state index in [1.165, 1.54) is 74.9 Å². The summed E-state index contributed by atoms with van der Waals surface area (Å²) in [5.74, 6) is 2.72. The van der Waals surface area contributed by atoms with Crippen molar-refractivity contribution in [2.24, 2.45) is 5.73 Å². The number of hydrogen-bond acceptors (Lipinski definition) is 5. The second-order valence-electron chi connectivity index (χ2n) is 5.90. The van der Waals surface area contributed by atoms with Crippen molar-refractivity contribution in [3.05, 3.63) is 11.6 Å². The van der Waals surface area contributed by atoms with E-state index in [1.807, 2.05) is 0 Å². The van der Waals surface area contributed by atoms with Gasteiger partial charge in [-0.1, -0.05) is 61.2 Å². The lowest BCUT2D eigenvalue weighted by Gasteiger charge is -2.09. The van der Waals surface area contributed by atoms with Crippen LogP contribution < -0.4 is 5.73 Å². The Kier molecular flexibility index (Phi) is 10.2. The van der Waals surface area contributed by atoms with E-state index in [0.29, 0.717) is 0 Å². The van der Waals surface area contributed by atoms with Crippen molar-refractivity contribution < 1.29 is 0 Å². The van der Waals surface area contributed by atoms with Gasteiger partial charge in [0.15, 0.2) is 0 Å². The summed E-state index contributed by atoms with van der Waals surface area (Å²) in [5.41, 5.74) is 7.39. The molecule has 2 unspecified atom stereocenters. The van der Waals surface area contributed by atoms with Gasteiger partial charge in [-0.3, -0.25) is 0 Å². The summed E-state index contributed by atoms with van der Waals surface area (Å²) in [6.45, 7) is 0.766. The van der Waals surface area contributed by atoms with Gasteiger partial charge in [0.25, 0.3) is 0 Å². The summed E-state index contributed by atoms with van der Waals surface area (Å²) < 4.78 is 0. The van der Waals surface area contributed by atoms with Gasteiger partial charge in [0.2, 0.25) is 0 Å². The summed E-state index contributed by atoms with van der Waals surface area (Å²) in [6, 6.07) is 0. The van der Waals surface area contributed by atoms with Gasteiger partial charge in [-0.2, -0.15) is 0 Å². The van der Waals surface area contributed by atoms with E-state index >= 15 is 0 Å². The second-order valence-corrected chi connectivity index (χ2v) is 11.5. The third-order valence-electron chi connectivity index (χ3n) is 4.15. The normalized spacial score (nSPS) is 26.6. The highest BCUT2D eigenvalue weighted by molar-refractivity contribution is 8.77. The molecule has 2 rings (SSSR count). The largest absolute Gasteiger partial charge is 0.327 e. The van der Waals surface area contributed by atoms with Gasteiger partial charge in [-0.25, -0.2) is 0 Å². The van der Waals surface area contributed by atoms with Crippen LogP contribution in [0.1, 0.15) is 57.8 Å². The first kappa shape index (κ1) is 18.4. The summed E-state index contributed by atoms with van der Waals surface area (Å²) in [5, 5.41) is 1.85. The molecule has 2 atom stereocenters. The molecule has 0 aromatic heterocycles. The van der Waals surface area contributed by atoms with Gasteiger partial charge in [-0.05, 0) is 51.4 Å². The number of hydrogen-bond donors (Lipinski definition) is 1. The molecular formula is C16H29NS4. The summed E-state index contributed by atoms with van der Waals surface area (Å²) >= 11 is 0. The Hall–Kier alpha value is 1.10. The van der Waals surface area contributed by atoms with E-state index in [0.717, 1.165) is 17.0 Å². The molecule has 0 amide bonds. The lowest BCUT2D eigenvalue weighted by molar-refractivity contribution is 0.651. The first-order chi connectivity index (χ1) is 10.4. The summed E-state index contributed by atoms with van der Waals surface area (Å²) in [6.07, 6.45) is 14.6. The SMILES string of the molecule is NC/C(=C\CCCCC1CCSS1)CCCC1CCSS1. The molecule has 0 aromatic carbocycles. The number of rotatable bonds is 10. The molecule has 5 heteroatoms. The number of allylic oxidation sites excluding steroid dienone is 1. The van der Waals surface area contributed by atoms with Crippen molar-refractivity contribution in [3.63, 3.8) is 0 Å². The van der Waals surface area contributed by atoms with Gasteiger partial charge in [0.05, 0.1) is 0 Å². The Morgan fingerprint density at radius 3 is 2.19 bits per heavy atom. The third kappa shape index (κ3) is 7.96. The fourth-order valence-electron chi connectivity index (χ4n) is 2.80. The van der Waals surface area contributed by atoms with Crippen molar-refractivity contribution in [2.75, 3.05) is 18.1 Å². The topological polar surface area (TPSA) is 26.0 Å². The smallest absolute Gasteiger partial charge is 0.0159 e. The lowest BCUT2D eigenvalue weighted by atomic mass is 10.0. The number of unbranched alkanes of at least 4 members (excludes halogenated alkanes) is 2. The maximum Gasteiger partial charge on any atom is 0.0159 e. The van der Waals surface area contributed by atoms with Gasteiger partial charge < -0.3 is 5.73 Å². The van der Waals surface area contributed by atoms with Crippen LogP contribution in [0.5, 0.6) is 0 Å². The molecule has 1 nitrogen and oxygen atoms in total. The maximum absolute atomic E-state index is 5.90. The van der Waals surface area contributed by atoms with Crippen molar-refractivity contribution >= 4 is 43.2 Å². The Morgan fingerprint density at radius 1 is 0.952 bits per heavy atom. The molecule has 2 fully saturated rings. The predicted octanol–water partition coefficient (Wildman–Crippen LogP) is 5.91. The minimum Gasteiger partial charge on any atom is -0.327 e. The van der Waals surface area contributed by atoms with Crippen LogP contribution in [0.4, 0.5) is 0 Å². The van der Waals surface area contributed by atoms with Crippen LogP contribution in [0.3, 0.4) is 0 Å². The first-order valence-corrected chi connectivity index (χ1v) is 13.1. The zero-order chi connectivity index (χ0) is 14.8. The Morgan fingerprint density at radius 2 is 1.62 bits per heavy atom. The van der Waals surface area contributed by atoms with Crippen molar-refractivity contribution in [2.45, 2.75) is 68.3 Å². The monoisotopic (exact) mass is 363 g/mol. The van der Waals surface area contributed by atoms with E-state index in [2.05, 4.69) is 49.3 Å². The lowest BCUT2D eigenvalue weighted by Crippen LogP contribution is -2.05. The van der Waals surface area contributed by atoms with Gasteiger partial charge in [0, 0.05) is 28.6 Å². The minimum absolute atomic E-state index is 0.766. The Labute approximate surface area is 146 Å². The molecule has 0 saturated carbocycles. The zero-order valence-electron chi connectivity index (χ0n) is 12.9. The maximum atomic E-state index is 5.90. The van der Waals surface area contributed by atoms with Crippen molar-refractivity contribution in [1.29, 1.82) is 0 Å². The standard InChI is InChI=1S/C16H29NS4/c17-13-14(6-4-8-16-10-12-19-21-16)5-2-1-3-7-15-9-11-18-20-15/h5,15-16H,1-4,6-13,17H2/b14-5-. The molecule has 21 heavy (non-hydrogen) atoms. The van der Waals surface area contributed by atoms with Crippen LogP contribution in [-0.2, 0) is 0 Å². The van der Waals surface area contributed by atoms with E-state index in [1.54, 1.807) is 0 Å². The Balaban J connectivity index is 1.50. The quantitative estimate of drug-likeness (QED) is 0.296. The van der Waals surface area contributed by atoms with E-state index in [4.69, 9.17) is 5.73 Å². The molecule has 2 aliphatic heterocycles. The molecule has 0 bridgehead atoms. The molecule has 0 aromatic rings. The highest BCUT2D eigenvalue weighted by Crippen LogP contribution is 2.40. The van der Waals surface area contributed by atoms with Gasteiger partial charge in [-0.15, -0.1) is 0 Å². The van der Waals surface area contributed by atoms with Crippen LogP contribution in [0, 0.1) is 0 Å². The average molecular weight is 364 g/mol. The van der Waals surface area contributed by atoms with Crippen LogP contribution in [0.25, 0.3) is 0 Å². The van der Waals surface area contributed by atoms with E-state index in [9.17, 15) is 0 Å². The van der Waals surface area contributed by atoms with Gasteiger partial charge in [0.1, 0.15) is 0 Å².